The molecular formula is C25H32N2O. The Balaban J connectivity index is 3.43. The van der Waals surface area contributed by atoms with Crippen molar-refractivity contribution >= 4 is 17.0 Å². The predicted molar refractivity (Wildman–Crippen MR) is 124 cm³/mol. The molecule has 0 aliphatic rings. The van der Waals surface area contributed by atoms with E-state index in [2.05, 4.69) is 55.0 Å². The zero-order valence-corrected chi connectivity index (χ0v) is 18.3. The molecule has 28 heavy (non-hydrogen) atoms. The quantitative estimate of drug-likeness (QED) is 0.205. The Labute approximate surface area is 170 Å². The minimum atomic E-state index is 0.560. The maximum absolute atomic E-state index is 5.18. The molecule has 0 N–H and O–H groups in total. The van der Waals surface area contributed by atoms with Crippen molar-refractivity contribution in [1.29, 1.82) is 0 Å². The van der Waals surface area contributed by atoms with Gasteiger partial charge in [-0.2, -0.15) is 0 Å². The highest BCUT2D eigenvalue weighted by atomic mass is 16.6. The van der Waals surface area contributed by atoms with Gasteiger partial charge in [0.2, 0.25) is 0 Å². The maximum Gasteiger partial charge on any atom is 0.124 e. The van der Waals surface area contributed by atoms with Crippen LogP contribution in [0.3, 0.4) is 0 Å². The van der Waals surface area contributed by atoms with Crippen LogP contribution in [-0.4, -0.2) is 11.4 Å². The molecule has 0 saturated carbocycles. The van der Waals surface area contributed by atoms with Crippen LogP contribution < -0.4 is 0 Å². The Hall–Kier alpha value is -2.94. The monoisotopic (exact) mass is 376 g/mol. The summed E-state index contributed by atoms with van der Waals surface area (Å²) in [6, 6.07) is 6.23. The Kier molecular flexibility index (Phi) is 8.59. The van der Waals surface area contributed by atoms with Crippen LogP contribution in [0.4, 0.5) is 0 Å². The number of aliphatic imine (C=N–C) groups is 1. The number of aryl methyl sites for hydroxylation is 1. The predicted octanol–water partition coefficient (Wildman–Crippen LogP) is 7.17. The van der Waals surface area contributed by atoms with Gasteiger partial charge in [-0.15, -0.1) is 0 Å². The van der Waals surface area contributed by atoms with Gasteiger partial charge in [0.25, 0.3) is 0 Å². The number of allylic oxidation sites excluding steroid dienone is 6. The van der Waals surface area contributed by atoms with E-state index in [0.29, 0.717) is 5.76 Å². The molecule has 3 nitrogen and oxygen atoms in total. The zero-order valence-electron chi connectivity index (χ0n) is 18.3. The van der Waals surface area contributed by atoms with E-state index >= 15 is 0 Å². The summed E-state index contributed by atoms with van der Waals surface area (Å²) < 4.78 is 0. The van der Waals surface area contributed by atoms with Crippen LogP contribution in [0.2, 0.25) is 0 Å². The second kappa shape index (κ2) is 10.4. The molecular weight excluding hydrogens is 344 g/mol. The molecule has 1 aromatic rings. The van der Waals surface area contributed by atoms with Gasteiger partial charge < -0.3 is 4.84 Å². The van der Waals surface area contributed by atoms with Crippen LogP contribution >= 0.6 is 0 Å². The van der Waals surface area contributed by atoms with Crippen LogP contribution in [0.1, 0.15) is 58.2 Å². The highest BCUT2D eigenvalue weighted by Crippen LogP contribution is 2.28. The van der Waals surface area contributed by atoms with E-state index in [1.54, 1.807) is 6.92 Å². The number of rotatable bonds is 8. The topological polar surface area (TPSA) is 34.0 Å². The highest BCUT2D eigenvalue weighted by Gasteiger charge is 2.10. The van der Waals surface area contributed by atoms with E-state index in [9.17, 15) is 0 Å². The second-order valence-electron chi connectivity index (χ2n) is 7.28. The van der Waals surface area contributed by atoms with Gasteiger partial charge >= 0.3 is 0 Å². The van der Waals surface area contributed by atoms with Crippen molar-refractivity contribution in [2.24, 2.45) is 10.1 Å². The molecule has 0 heterocycles. The number of nitrogens with zero attached hydrogens (tertiary/aromatic N) is 2. The van der Waals surface area contributed by atoms with Gasteiger partial charge in [-0.05, 0) is 94.0 Å². The molecule has 3 heteroatoms. The molecule has 0 aromatic heterocycles. The van der Waals surface area contributed by atoms with Gasteiger partial charge in [0, 0.05) is 11.9 Å². The summed E-state index contributed by atoms with van der Waals surface area (Å²) in [5, 5.41) is 4.11. The van der Waals surface area contributed by atoms with Crippen molar-refractivity contribution < 1.29 is 4.84 Å². The lowest BCUT2D eigenvalue weighted by atomic mass is 9.91. The Morgan fingerprint density at radius 3 is 2.07 bits per heavy atom. The van der Waals surface area contributed by atoms with E-state index < -0.39 is 0 Å². The van der Waals surface area contributed by atoms with Crippen LogP contribution in [0.5, 0.6) is 0 Å². The fourth-order valence-corrected chi connectivity index (χ4v) is 2.45. The summed E-state index contributed by atoms with van der Waals surface area (Å²) in [6.07, 6.45) is 3.96. The molecule has 0 bridgehead atoms. The summed E-state index contributed by atoms with van der Waals surface area (Å²) in [7, 11) is 0. The minimum Gasteiger partial charge on any atom is -0.362 e. The van der Waals surface area contributed by atoms with E-state index in [1.807, 2.05) is 46.9 Å². The number of oxime groups is 1. The lowest BCUT2D eigenvalue weighted by molar-refractivity contribution is 0.231. The van der Waals surface area contributed by atoms with E-state index in [1.165, 1.54) is 0 Å². The fourth-order valence-electron chi connectivity index (χ4n) is 2.45. The minimum absolute atomic E-state index is 0.560. The first-order valence-electron chi connectivity index (χ1n) is 9.26. The van der Waals surface area contributed by atoms with Crippen molar-refractivity contribution in [3.8, 4) is 0 Å². The summed E-state index contributed by atoms with van der Waals surface area (Å²) in [5.41, 5.74) is 9.04. The van der Waals surface area contributed by atoms with E-state index in [-0.39, 0.29) is 0 Å². The third-order valence-electron chi connectivity index (χ3n) is 3.99. The molecule has 0 aliphatic carbocycles. The average Bonchev–Trinajstić information content (AvgIpc) is 2.59. The lowest BCUT2D eigenvalue weighted by Crippen LogP contribution is -1.99. The summed E-state index contributed by atoms with van der Waals surface area (Å²) in [5.74, 6) is 0.560. The number of hydrogen-bond donors (Lipinski definition) is 0. The summed E-state index contributed by atoms with van der Waals surface area (Å²) in [6.45, 7) is 25.7. The SMILES string of the molecule is C=C(C)O/N=C(\C)c1ccc(/C(=C/C(=C/N=C(C)C)C(=C)C)C(=C)C)c(C)c1. The molecule has 1 aromatic carbocycles. The molecule has 0 radical (unpaired) electrons. The summed E-state index contributed by atoms with van der Waals surface area (Å²) >= 11 is 0. The molecule has 0 fully saturated rings. The number of benzene rings is 1. The Bertz CT molecular complexity index is 904. The van der Waals surface area contributed by atoms with Crippen molar-refractivity contribution in [2.75, 3.05) is 0 Å². The van der Waals surface area contributed by atoms with Crippen LogP contribution in [0.15, 0.2) is 82.8 Å². The van der Waals surface area contributed by atoms with Gasteiger partial charge in [-0.1, -0.05) is 42.6 Å². The van der Waals surface area contributed by atoms with E-state index in [0.717, 1.165) is 50.4 Å². The van der Waals surface area contributed by atoms with Crippen LogP contribution in [0.25, 0.3) is 5.57 Å². The Morgan fingerprint density at radius 2 is 1.61 bits per heavy atom. The van der Waals surface area contributed by atoms with E-state index in [4.69, 9.17) is 4.84 Å². The van der Waals surface area contributed by atoms with Gasteiger partial charge in [0.1, 0.15) is 5.76 Å². The molecule has 0 amide bonds. The zero-order chi connectivity index (χ0) is 21.4. The lowest BCUT2D eigenvalue weighted by Gasteiger charge is -2.14. The normalized spacial score (nSPS) is 12.5. The maximum atomic E-state index is 5.18. The first-order chi connectivity index (χ1) is 13.0. The van der Waals surface area contributed by atoms with Gasteiger partial charge in [-0.3, -0.25) is 4.99 Å². The summed E-state index contributed by atoms with van der Waals surface area (Å²) in [4.78, 5) is 9.61. The van der Waals surface area contributed by atoms with Crippen molar-refractivity contribution in [3.63, 3.8) is 0 Å². The molecule has 148 valence electrons. The molecule has 1 rings (SSSR count). The third-order valence-corrected chi connectivity index (χ3v) is 3.99. The molecule has 0 unspecified atom stereocenters. The standard InChI is InChI=1S/C25H32N2O/c1-16(2)23(15-26-18(5)6)14-25(17(3)4)24-12-11-22(13-20(24)9)21(10)27-28-19(7)8/h11-15H,1,3,7H2,2,4-6,8-10H3/b23-15-,25-14+,27-21+. The first kappa shape index (κ1) is 23.1. The fraction of sp³-hybridized carbons (Fsp3) is 0.280. The van der Waals surface area contributed by atoms with Gasteiger partial charge in [-0.25, -0.2) is 0 Å². The molecule has 0 spiro atoms. The highest BCUT2D eigenvalue weighted by molar-refractivity contribution is 5.99. The van der Waals surface area contributed by atoms with Gasteiger partial charge in [0.15, 0.2) is 0 Å². The van der Waals surface area contributed by atoms with Crippen LogP contribution in [-0.2, 0) is 4.84 Å². The second-order valence-corrected chi connectivity index (χ2v) is 7.28. The third kappa shape index (κ3) is 6.99. The van der Waals surface area contributed by atoms with Crippen molar-refractivity contribution in [3.05, 3.63) is 89.4 Å². The van der Waals surface area contributed by atoms with Crippen molar-refractivity contribution in [2.45, 2.75) is 48.5 Å². The van der Waals surface area contributed by atoms with Crippen molar-refractivity contribution in [1.82, 2.24) is 0 Å². The molecule has 0 saturated heterocycles. The van der Waals surface area contributed by atoms with Crippen LogP contribution in [0, 0.1) is 6.92 Å². The Morgan fingerprint density at radius 1 is 0.964 bits per heavy atom. The smallest absolute Gasteiger partial charge is 0.124 e. The molecule has 0 atom stereocenters. The average molecular weight is 377 g/mol. The first-order valence-corrected chi connectivity index (χ1v) is 9.26. The molecule has 0 aliphatic heterocycles. The van der Waals surface area contributed by atoms with Gasteiger partial charge in [0.05, 0.1) is 5.71 Å². The number of hydrogen-bond acceptors (Lipinski definition) is 3. The largest absolute Gasteiger partial charge is 0.362 e.